The Morgan fingerprint density at radius 3 is 3.08 bits per heavy atom. The van der Waals surface area contributed by atoms with Crippen LogP contribution >= 0.6 is 15.9 Å². The van der Waals surface area contributed by atoms with Gasteiger partial charge in [-0.2, -0.15) is 0 Å². The van der Waals surface area contributed by atoms with Gasteiger partial charge in [-0.15, -0.1) is 0 Å². The number of fused-ring (bicyclic) bond motifs is 1. The highest BCUT2D eigenvalue weighted by molar-refractivity contribution is 9.10. The van der Waals surface area contributed by atoms with Gasteiger partial charge in [0.1, 0.15) is 5.82 Å². The molecule has 2 aromatic rings. The minimum Gasteiger partial charge on any atom is -0.324 e. The van der Waals surface area contributed by atoms with E-state index in [1.165, 1.54) is 0 Å². The van der Waals surface area contributed by atoms with Crippen molar-refractivity contribution in [2.24, 2.45) is 5.73 Å². The molecular formula is C9H10BrN3. The molecule has 0 radical (unpaired) electrons. The van der Waals surface area contributed by atoms with Gasteiger partial charge in [0.15, 0.2) is 0 Å². The lowest BCUT2D eigenvalue weighted by molar-refractivity contribution is 0.899. The molecule has 2 N–H and O–H groups in total. The van der Waals surface area contributed by atoms with Gasteiger partial charge in [0.25, 0.3) is 0 Å². The molecule has 0 aliphatic rings. The normalized spacial score (nSPS) is 11.0. The predicted molar refractivity (Wildman–Crippen MR) is 55.5 cm³/mol. The zero-order valence-corrected chi connectivity index (χ0v) is 8.87. The molecule has 68 valence electrons. The molecule has 0 fully saturated rings. The summed E-state index contributed by atoms with van der Waals surface area (Å²) in [5.41, 5.74) is 7.69. The number of pyridine rings is 1. The fraction of sp³-hybridized carbons (Fsp3) is 0.222. The Labute approximate surface area is 84.7 Å². The van der Waals surface area contributed by atoms with Gasteiger partial charge in [0.2, 0.25) is 0 Å². The van der Waals surface area contributed by atoms with Crippen molar-refractivity contribution in [1.82, 2.24) is 9.38 Å². The van der Waals surface area contributed by atoms with E-state index in [-0.39, 0.29) is 0 Å². The lowest BCUT2D eigenvalue weighted by Crippen LogP contribution is -2.01. The number of nitrogens with two attached hydrogens (primary N) is 1. The number of imidazole rings is 1. The van der Waals surface area contributed by atoms with Gasteiger partial charge in [0.05, 0.1) is 17.8 Å². The van der Waals surface area contributed by atoms with Crippen molar-refractivity contribution >= 4 is 21.4 Å². The number of halogens is 1. The van der Waals surface area contributed by atoms with Crippen molar-refractivity contribution in [3.63, 3.8) is 0 Å². The molecule has 0 aromatic carbocycles. The van der Waals surface area contributed by atoms with Crippen molar-refractivity contribution < 1.29 is 0 Å². The maximum absolute atomic E-state index is 5.57. The highest BCUT2D eigenvalue weighted by Crippen LogP contribution is 2.17. The first-order chi connectivity index (χ1) is 6.22. The standard InChI is InChI=1S/C9H10BrN3/c1-6-8-4-7(10)2-3-13(8)9(5-11)12-6/h2-4H,5,11H2,1H3. The van der Waals surface area contributed by atoms with Crippen LogP contribution in [0.5, 0.6) is 0 Å². The second kappa shape index (κ2) is 3.12. The molecule has 0 saturated heterocycles. The number of nitrogens with zero attached hydrogens (tertiary/aromatic N) is 2. The van der Waals surface area contributed by atoms with E-state index in [9.17, 15) is 0 Å². The molecular weight excluding hydrogens is 230 g/mol. The Bertz CT molecular complexity index is 447. The maximum atomic E-state index is 5.57. The van der Waals surface area contributed by atoms with Crippen LogP contribution in [0.15, 0.2) is 22.8 Å². The van der Waals surface area contributed by atoms with Crippen LogP contribution in [0.1, 0.15) is 11.5 Å². The first-order valence-electron chi connectivity index (χ1n) is 4.05. The Balaban J connectivity index is 2.80. The quantitative estimate of drug-likeness (QED) is 0.826. The summed E-state index contributed by atoms with van der Waals surface area (Å²) in [5.74, 6) is 0.903. The molecule has 2 aromatic heterocycles. The summed E-state index contributed by atoms with van der Waals surface area (Å²) in [6.07, 6.45) is 1.97. The van der Waals surface area contributed by atoms with Gasteiger partial charge in [-0.3, -0.25) is 0 Å². The molecule has 13 heavy (non-hydrogen) atoms. The van der Waals surface area contributed by atoms with Crippen molar-refractivity contribution in [3.8, 4) is 0 Å². The third-order valence-corrected chi connectivity index (χ3v) is 2.54. The number of hydrogen-bond acceptors (Lipinski definition) is 2. The summed E-state index contributed by atoms with van der Waals surface area (Å²) >= 11 is 3.43. The van der Waals surface area contributed by atoms with Crippen LogP contribution in [0, 0.1) is 6.92 Å². The summed E-state index contributed by atoms with van der Waals surface area (Å²) in [7, 11) is 0. The Morgan fingerprint density at radius 1 is 1.62 bits per heavy atom. The topological polar surface area (TPSA) is 43.3 Å². The molecule has 4 heteroatoms. The van der Waals surface area contributed by atoms with Gasteiger partial charge >= 0.3 is 0 Å². The monoisotopic (exact) mass is 239 g/mol. The molecule has 0 aliphatic carbocycles. The van der Waals surface area contributed by atoms with Gasteiger partial charge in [0, 0.05) is 10.7 Å². The number of aryl methyl sites for hydroxylation is 1. The lowest BCUT2D eigenvalue weighted by Gasteiger charge is -1.97. The van der Waals surface area contributed by atoms with Gasteiger partial charge in [-0.05, 0) is 19.1 Å². The second-order valence-corrected chi connectivity index (χ2v) is 3.83. The van der Waals surface area contributed by atoms with E-state index >= 15 is 0 Å². The van der Waals surface area contributed by atoms with Crippen LogP contribution in [-0.4, -0.2) is 9.38 Å². The van der Waals surface area contributed by atoms with Crippen LogP contribution in [-0.2, 0) is 6.54 Å². The van der Waals surface area contributed by atoms with E-state index in [0.717, 1.165) is 21.5 Å². The molecule has 0 bridgehead atoms. The first-order valence-corrected chi connectivity index (χ1v) is 4.85. The molecule has 3 nitrogen and oxygen atoms in total. The summed E-state index contributed by atoms with van der Waals surface area (Å²) < 4.78 is 3.08. The van der Waals surface area contributed by atoms with E-state index in [1.54, 1.807) is 0 Å². The Morgan fingerprint density at radius 2 is 2.38 bits per heavy atom. The third kappa shape index (κ3) is 1.36. The number of aromatic nitrogens is 2. The van der Waals surface area contributed by atoms with Crippen LogP contribution in [0.2, 0.25) is 0 Å². The summed E-state index contributed by atoms with van der Waals surface area (Å²) in [5, 5.41) is 0. The minimum absolute atomic E-state index is 0.469. The zero-order chi connectivity index (χ0) is 9.42. The van der Waals surface area contributed by atoms with E-state index in [4.69, 9.17) is 5.73 Å². The minimum atomic E-state index is 0.469. The van der Waals surface area contributed by atoms with Gasteiger partial charge in [-0.25, -0.2) is 4.98 Å². The van der Waals surface area contributed by atoms with Crippen LogP contribution in [0.25, 0.3) is 5.52 Å². The van der Waals surface area contributed by atoms with Gasteiger partial charge < -0.3 is 10.1 Å². The largest absolute Gasteiger partial charge is 0.324 e. The van der Waals surface area contributed by atoms with Crippen molar-refractivity contribution in [1.29, 1.82) is 0 Å². The molecule has 0 saturated carbocycles. The fourth-order valence-electron chi connectivity index (χ4n) is 1.43. The first kappa shape index (κ1) is 8.72. The van der Waals surface area contributed by atoms with Crippen molar-refractivity contribution in [3.05, 3.63) is 34.3 Å². The SMILES string of the molecule is Cc1nc(CN)n2ccc(Br)cc12. The molecule has 0 spiro atoms. The molecule has 2 rings (SSSR count). The van der Waals surface area contributed by atoms with E-state index in [0.29, 0.717) is 6.54 Å². The van der Waals surface area contributed by atoms with Crippen LogP contribution in [0.4, 0.5) is 0 Å². The van der Waals surface area contributed by atoms with E-state index < -0.39 is 0 Å². The molecule has 0 aliphatic heterocycles. The highest BCUT2D eigenvalue weighted by Gasteiger charge is 2.05. The average molecular weight is 240 g/mol. The summed E-state index contributed by atoms with van der Waals surface area (Å²) in [4.78, 5) is 4.37. The van der Waals surface area contributed by atoms with E-state index in [2.05, 4.69) is 20.9 Å². The maximum Gasteiger partial charge on any atom is 0.127 e. The number of hydrogen-bond donors (Lipinski definition) is 1. The molecule has 0 atom stereocenters. The fourth-order valence-corrected chi connectivity index (χ4v) is 1.76. The third-order valence-electron chi connectivity index (χ3n) is 2.05. The van der Waals surface area contributed by atoms with Crippen molar-refractivity contribution in [2.75, 3.05) is 0 Å². The molecule has 0 amide bonds. The smallest absolute Gasteiger partial charge is 0.127 e. The van der Waals surface area contributed by atoms with Gasteiger partial charge in [-0.1, -0.05) is 15.9 Å². The Hall–Kier alpha value is -0.870. The molecule has 2 heterocycles. The Kier molecular flexibility index (Phi) is 2.09. The predicted octanol–water partition coefficient (Wildman–Crippen LogP) is 1.86. The highest BCUT2D eigenvalue weighted by atomic mass is 79.9. The van der Waals surface area contributed by atoms with E-state index in [1.807, 2.05) is 29.7 Å². The van der Waals surface area contributed by atoms with Crippen molar-refractivity contribution in [2.45, 2.75) is 13.5 Å². The van der Waals surface area contributed by atoms with Crippen LogP contribution < -0.4 is 5.73 Å². The zero-order valence-electron chi connectivity index (χ0n) is 7.29. The average Bonchev–Trinajstić information content (AvgIpc) is 2.43. The molecule has 0 unspecified atom stereocenters. The summed E-state index contributed by atoms with van der Waals surface area (Å²) in [6, 6.07) is 4.02. The number of rotatable bonds is 1. The summed E-state index contributed by atoms with van der Waals surface area (Å²) in [6.45, 7) is 2.46. The second-order valence-electron chi connectivity index (χ2n) is 2.92. The lowest BCUT2D eigenvalue weighted by atomic mass is 10.3. The van der Waals surface area contributed by atoms with Crippen LogP contribution in [0.3, 0.4) is 0 Å².